The number of carbonyl (C=O) groups excluding carboxylic acids is 1. The van der Waals surface area contributed by atoms with Crippen LogP contribution >= 0.6 is 0 Å². The Morgan fingerprint density at radius 2 is 1.96 bits per heavy atom. The summed E-state index contributed by atoms with van der Waals surface area (Å²) in [5.74, 6) is 1.53. The van der Waals surface area contributed by atoms with E-state index in [9.17, 15) is 9.18 Å². The molecule has 0 radical (unpaired) electrons. The number of benzene rings is 2. The number of carbonyl (C=O) groups is 1. The van der Waals surface area contributed by atoms with Crippen LogP contribution in [-0.2, 0) is 6.54 Å². The Hall–Kier alpha value is -2.73. The van der Waals surface area contributed by atoms with Crippen LogP contribution in [0.25, 0.3) is 11.0 Å². The van der Waals surface area contributed by atoms with E-state index in [2.05, 4.69) is 14.9 Å². The molecule has 1 aromatic heterocycles. The zero-order valence-electron chi connectivity index (χ0n) is 15.2. The standard InChI is InChI=1S/C21H22FN3O2/c1-27-17-6-7-18-19(12-17)24-20(23-18)13-25-10-8-15(9-11-25)21(26)14-2-4-16(22)5-3-14/h2-7,12,15H,8-11,13H2,1H3,(H,23,24)/i22-1. The smallest absolute Gasteiger partial charge is 0.166 e. The molecule has 0 bridgehead atoms. The van der Waals surface area contributed by atoms with Crippen LogP contribution in [0.5, 0.6) is 5.75 Å². The van der Waals surface area contributed by atoms with E-state index in [1.165, 1.54) is 12.1 Å². The molecule has 140 valence electrons. The molecule has 0 spiro atoms. The molecule has 0 unspecified atom stereocenters. The second-order valence-corrected chi connectivity index (χ2v) is 6.99. The zero-order valence-corrected chi connectivity index (χ0v) is 15.2. The number of fused-ring (bicyclic) bond motifs is 1. The lowest BCUT2D eigenvalue weighted by Crippen LogP contribution is -2.36. The second-order valence-electron chi connectivity index (χ2n) is 6.99. The van der Waals surface area contributed by atoms with Crippen LogP contribution < -0.4 is 4.74 Å². The fraction of sp³-hybridized carbons (Fsp3) is 0.333. The van der Waals surface area contributed by atoms with Gasteiger partial charge in [0.15, 0.2) is 5.78 Å². The molecule has 3 aromatic rings. The van der Waals surface area contributed by atoms with Crippen LogP contribution in [-0.4, -0.2) is 40.9 Å². The average molecular weight is 366 g/mol. The summed E-state index contributed by atoms with van der Waals surface area (Å²) < 4.78 is 18.3. The number of nitrogens with zero attached hydrogens (tertiary/aromatic N) is 2. The first kappa shape index (κ1) is 17.7. The number of aromatic nitrogens is 2. The highest BCUT2D eigenvalue weighted by atomic mass is 18.2. The molecule has 0 aliphatic carbocycles. The summed E-state index contributed by atoms with van der Waals surface area (Å²) in [7, 11) is 1.65. The topological polar surface area (TPSA) is 58.2 Å². The van der Waals surface area contributed by atoms with Gasteiger partial charge in [-0.2, -0.15) is 0 Å². The van der Waals surface area contributed by atoms with Gasteiger partial charge in [0, 0.05) is 17.5 Å². The van der Waals surface area contributed by atoms with Crippen LogP contribution in [0.4, 0.5) is 4.39 Å². The first-order valence-electron chi connectivity index (χ1n) is 9.17. The fourth-order valence-corrected chi connectivity index (χ4v) is 3.66. The van der Waals surface area contributed by atoms with Gasteiger partial charge in [0.05, 0.1) is 24.7 Å². The quantitative estimate of drug-likeness (QED) is 0.698. The normalized spacial score (nSPS) is 15.9. The number of halogens is 1. The van der Waals surface area contributed by atoms with Crippen molar-refractivity contribution < 1.29 is 13.9 Å². The summed E-state index contributed by atoms with van der Waals surface area (Å²) in [6, 6.07) is 11.6. The number of methoxy groups -OCH3 is 1. The number of hydrogen-bond donors (Lipinski definition) is 1. The van der Waals surface area contributed by atoms with E-state index in [1.807, 2.05) is 18.2 Å². The molecular weight excluding hydrogens is 344 g/mol. The number of piperidine rings is 1. The Morgan fingerprint density at radius 3 is 2.67 bits per heavy atom. The molecule has 1 fully saturated rings. The van der Waals surface area contributed by atoms with Crippen molar-refractivity contribution in [1.82, 2.24) is 14.9 Å². The lowest BCUT2D eigenvalue weighted by molar-refractivity contribution is 0.0833. The third-order valence-corrected chi connectivity index (χ3v) is 5.20. The lowest BCUT2D eigenvalue weighted by Gasteiger charge is -2.30. The van der Waals surface area contributed by atoms with Crippen molar-refractivity contribution in [3.8, 4) is 5.75 Å². The van der Waals surface area contributed by atoms with Crippen LogP contribution in [0.15, 0.2) is 42.5 Å². The zero-order chi connectivity index (χ0) is 18.8. The third-order valence-electron chi connectivity index (χ3n) is 5.20. The maximum atomic E-state index is 13.0. The molecule has 0 atom stereocenters. The summed E-state index contributed by atoms with van der Waals surface area (Å²) in [6.07, 6.45) is 1.62. The number of rotatable bonds is 5. The maximum Gasteiger partial charge on any atom is 0.166 e. The van der Waals surface area contributed by atoms with Gasteiger partial charge in [0.1, 0.15) is 17.4 Å². The molecule has 1 aliphatic rings. The minimum atomic E-state index is -0.315. The highest BCUT2D eigenvalue weighted by Gasteiger charge is 2.26. The Labute approximate surface area is 157 Å². The highest BCUT2D eigenvalue weighted by Crippen LogP contribution is 2.24. The predicted molar refractivity (Wildman–Crippen MR) is 101 cm³/mol. The molecule has 0 amide bonds. The number of hydrogen-bond acceptors (Lipinski definition) is 4. The van der Waals surface area contributed by atoms with E-state index in [-0.39, 0.29) is 17.5 Å². The lowest BCUT2D eigenvalue weighted by atomic mass is 9.89. The predicted octanol–water partition coefficient (Wildman–Crippen LogP) is 3.81. The van der Waals surface area contributed by atoms with Crippen LogP contribution in [0.3, 0.4) is 0 Å². The number of Topliss-reactive ketones (excluding diaryl/α,β-unsaturated/α-hetero) is 1. The maximum absolute atomic E-state index is 13.0. The van der Waals surface area contributed by atoms with Crippen molar-refractivity contribution in [3.63, 3.8) is 0 Å². The van der Waals surface area contributed by atoms with Crippen molar-refractivity contribution in [1.29, 1.82) is 0 Å². The highest BCUT2D eigenvalue weighted by molar-refractivity contribution is 5.97. The van der Waals surface area contributed by atoms with Crippen molar-refractivity contribution >= 4 is 16.8 Å². The molecule has 1 aliphatic heterocycles. The number of likely N-dealkylation sites (tertiary alicyclic amines) is 1. The van der Waals surface area contributed by atoms with Crippen molar-refractivity contribution in [2.24, 2.45) is 5.92 Å². The molecule has 1 saturated heterocycles. The second kappa shape index (κ2) is 7.48. The summed E-state index contributed by atoms with van der Waals surface area (Å²) >= 11 is 0. The Balaban J connectivity index is 1.36. The van der Waals surface area contributed by atoms with E-state index in [4.69, 9.17) is 4.74 Å². The van der Waals surface area contributed by atoms with Gasteiger partial charge in [-0.3, -0.25) is 9.69 Å². The molecule has 6 heteroatoms. The molecule has 4 rings (SSSR count). The fourth-order valence-electron chi connectivity index (χ4n) is 3.66. The number of ketones is 1. The van der Waals surface area contributed by atoms with Gasteiger partial charge in [-0.25, -0.2) is 9.37 Å². The molecule has 2 aromatic carbocycles. The SMILES string of the molecule is COc1ccc2nc(CN3CCC(C(=O)c4ccc([18F])cc4)CC3)[nH]c2c1. The molecule has 2 heterocycles. The van der Waals surface area contributed by atoms with Gasteiger partial charge in [0.2, 0.25) is 0 Å². The van der Waals surface area contributed by atoms with Crippen molar-refractivity contribution in [2.45, 2.75) is 19.4 Å². The van der Waals surface area contributed by atoms with Crippen molar-refractivity contribution in [3.05, 3.63) is 59.7 Å². The summed E-state index contributed by atoms with van der Waals surface area (Å²) in [4.78, 5) is 22.9. The first-order chi connectivity index (χ1) is 13.1. The largest absolute Gasteiger partial charge is 0.497 e. The number of aromatic amines is 1. The summed E-state index contributed by atoms with van der Waals surface area (Å²) in [6.45, 7) is 2.42. The van der Waals surface area contributed by atoms with Crippen molar-refractivity contribution in [2.75, 3.05) is 20.2 Å². The number of H-pyrrole nitrogens is 1. The van der Waals surface area contributed by atoms with Gasteiger partial charge < -0.3 is 9.72 Å². The Morgan fingerprint density at radius 1 is 1.22 bits per heavy atom. The van der Waals surface area contributed by atoms with E-state index >= 15 is 0 Å². The third kappa shape index (κ3) is 3.85. The summed E-state index contributed by atoms with van der Waals surface area (Å²) in [5, 5.41) is 0. The van der Waals surface area contributed by atoms with Gasteiger partial charge in [-0.05, 0) is 62.3 Å². The Kier molecular flexibility index (Phi) is 4.90. The number of imidazole rings is 1. The van der Waals surface area contributed by atoms with E-state index in [0.717, 1.165) is 55.1 Å². The molecule has 27 heavy (non-hydrogen) atoms. The number of ether oxygens (including phenoxy) is 1. The van der Waals surface area contributed by atoms with Gasteiger partial charge in [0.25, 0.3) is 0 Å². The minimum Gasteiger partial charge on any atom is -0.497 e. The minimum absolute atomic E-state index is 0.00615. The van der Waals surface area contributed by atoms with Gasteiger partial charge in [-0.15, -0.1) is 0 Å². The first-order valence-corrected chi connectivity index (χ1v) is 9.17. The van der Waals surface area contributed by atoms with E-state index in [0.29, 0.717) is 5.56 Å². The number of nitrogens with one attached hydrogen (secondary N) is 1. The van der Waals surface area contributed by atoms with E-state index < -0.39 is 0 Å². The van der Waals surface area contributed by atoms with Gasteiger partial charge >= 0.3 is 0 Å². The average Bonchev–Trinajstić information content (AvgIpc) is 3.10. The monoisotopic (exact) mass is 366 g/mol. The Bertz CT molecular complexity index is 944. The van der Waals surface area contributed by atoms with Gasteiger partial charge in [-0.1, -0.05) is 0 Å². The molecule has 5 nitrogen and oxygen atoms in total. The summed E-state index contributed by atoms with van der Waals surface area (Å²) in [5.41, 5.74) is 2.49. The van der Waals surface area contributed by atoms with Crippen LogP contribution in [0.1, 0.15) is 29.0 Å². The molecule has 0 saturated carbocycles. The van der Waals surface area contributed by atoms with Crippen LogP contribution in [0, 0.1) is 11.7 Å². The molecule has 1 N–H and O–H groups in total. The van der Waals surface area contributed by atoms with E-state index in [1.54, 1.807) is 19.2 Å². The van der Waals surface area contributed by atoms with Crippen LogP contribution in [0.2, 0.25) is 0 Å². The molecular formula is C21H22FN3O2.